The fourth-order valence-corrected chi connectivity index (χ4v) is 4.62. The van der Waals surface area contributed by atoms with Gasteiger partial charge in [-0.25, -0.2) is 0 Å². The maximum absolute atomic E-state index is 13.0. The number of carbonyl (C=O) groups is 2. The lowest BCUT2D eigenvalue weighted by Crippen LogP contribution is -2.46. The van der Waals surface area contributed by atoms with E-state index in [9.17, 15) is 9.59 Å². The van der Waals surface area contributed by atoms with Gasteiger partial charge >= 0.3 is 0 Å². The first-order chi connectivity index (χ1) is 13.6. The average molecular weight is 380 g/mol. The van der Waals surface area contributed by atoms with E-state index in [1.165, 1.54) is 5.56 Å². The number of nitrogens with zero attached hydrogens (tertiary/aromatic N) is 4. The van der Waals surface area contributed by atoms with Crippen molar-refractivity contribution in [2.45, 2.75) is 45.2 Å². The van der Waals surface area contributed by atoms with Gasteiger partial charge in [0.2, 0.25) is 11.8 Å². The third-order valence-electron chi connectivity index (χ3n) is 6.27. The van der Waals surface area contributed by atoms with E-state index in [-0.39, 0.29) is 23.3 Å². The van der Waals surface area contributed by atoms with Crippen molar-refractivity contribution in [1.29, 1.82) is 0 Å². The molecule has 2 amide bonds. The Morgan fingerprint density at radius 2 is 1.93 bits per heavy atom. The highest BCUT2D eigenvalue weighted by Gasteiger charge is 2.45. The third-order valence-corrected chi connectivity index (χ3v) is 6.27. The molecule has 0 radical (unpaired) electrons. The van der Waals surface area contributed by atoms with Crippen LogP contribution in [0.2, 0.25) is 0 Å². The van der Waals surface area contributed by atoms with Gasteiger partial charge in [-0.05, 0) is 30.9 Å². The summed E-state index contributed by atoms with van der Waals surface area (Å²) in [5, 5.41) is 4.25. The number of piperidine rings is 1. The van der Waals surface area contributed by atoms with Crippen LogP contribution in [0.5, 0.6) is 0 Å². The molecule has 1 aromatic carbocycles. The van der Waals surface area contributed by atoms with Crippen LogP contribution in [0.15, 0.2) is 48.8 Å². The molecule has 2 aromatic rings. The van der Waals surface area contributed by atoms with Gasteiger partial charge in [-0.15, -0.1) is 0 Å². The van der Waals surface area contributed by atoms with E-state index in [0.29, 0.717) is 13.0 Å². The van der Waals surface area contributed by atoms with Gasteiger partial charge in [-0.3, -0.25) is 14.3 Å². The third kappa shape index (κ3) is 3.68. The molecule has 1 atom stereocenters. The van der Waals surface area contributed by atoms with E-state index in [1.54, 1.807) is 10.9 Å². The number of carbonyl (C=O) groups excluding carboxylic acids is 2. The molecule has 148 valence electrons. The second-order valence-electron chi connectivity index (χ2n) is 8.15. The van der Waals surface area contributed by atoms with Crippen molar-refractivity contribution < 1.29 is 9.59 Å². The van der Waals surface area contributed by atoms with Crippen LogP contribution in [0.3, 0.4) is 0 Å². The first-order valence-electron chi connectivity index (χ1n) is 10.2. The monoisotopic (exact) mass is 380 g/mol. The largest absolute Gasteiger partial charge is 0.341 e. The van der Waals surface area contributed by atoms with Crippen LogP contribution in [-0.2, 0) is 16.1 Å². The van der Waals surface area contributed by atoms with Crippen LogP contribution in [0.4, 0.5) is 0 Å². The highest BCUT2D eigenvalue weighted by molar-refractivity contribution is 5.81. The lowest BCUT2D eigenvalue weighted by molar-refractivity contribution is -0.137. The second kappa shape index (κ2) is 7.78. The Morgan fingerprint density at radius 1 is 1.18 bits per heavy atom. The van der Waals surface area contributed by atoms with Crippen molar-refractivity contribution in [3.05, 3.63) is 54.4 Å². The quantitative estimate of drug-likeness (QED) is 0.801. The number of aromatic nitrogens is 2. The minimum atomic E-state index is -0.233. The van der Waals surface area contributed by atoms with E-state index in [1.807, 2.05) is 47.2 Å². The highest BCUT2D eigenvalue weighted by Crippen LogP contribution is 2.41. The molecular weight excluding hydrogens is 352 g/mol. The molecule has 3 heterocycles. The minimum absolute atomic E-state index is 0.0239. The van der Waals surface area contributed by atoms with E-state index in [2.05, 4.69) is 17.2 Å². The van der Waals surface area contributed by atoms with Crippen LogP contribution in [0.1, 0.15) is 44.2 Å². The number of amides is 2. The summed E-state index contributed by atoms with van der Waals surface area (Å²) in [5.74, 6) is 0.387. The zero-order valence-electron chi connectivity index (χ0n) is 16.5. The predicted octanol–water partition coefficient (Wildman–Crippen LogP) is 2.88. The summed E-state index contributed by atoms with van der Waals surface area (Å²) < 4.78 is 1.76. The summed E-state index contributed by atoms with van der Waals surface area (Å²) >= 11 is 0. The fourth-order valence-electron chi connectivity index (χ4n) is 4.62. The van der Waals surface area contributed by atoms with Gasteiger partial charge in [0.05, 0.1) is 0 Å². The van der Waals surface area contributed by atoms with Gasteiger partial charge in [0.25, 0.3) is 0 Å². The Labute approximate surface area is 166 Å². The summed E-state index contributed by atoms with van der Waals surface area (Å²) in [5.41, 5.74) is 1.20. The topological polar surface area (TPSA) is 58.4 Å². The summed E-state index contributed by atoms with van der Waals surface area (Å²) in [7, 11) is 0. The Hall–Kier alpha value is -2.63. The standard InChI is InChI=1S/C22H28N4O2/c1-2-19(26-12-6-11-23-26)21(28)24-13-9-22(10-14-24)15-20(27)25(17-22)16-18-7-4-3-5-8-18/h3-8,11-12,19H,2,9-10,13-17H2,1H3. The predicted molar refractivity (Wildman–Crippen MR) is 106 cm³/mol. The van der Waals surface area contributed by atoms with Crippen molar-refractivity contribution in [2.75, 3.05) is 19.6 Å². The first kappa shape index (κ1) is 18.7. The number of likely N-dealkylation sites (tertiary alicyclic amines) is 2. The minimum Gasteiger partial charge on any atom is -0.341 e. The second-order valence-corrected chi connectivity index (χ2v) is 8.15. The molecule has 2 aliphatic heterocycles. The fraction of sp³-hybridized carbons (Fsp3) is 0.500. The van der Waals surface area contributed by atoms with Gasteiger partial charge in [0, 0.05) is 50.4 Å². The Morgan fingerprint density at radius 3 is 2.57 bits per heavy atom. The molecular formula is C22H28N4O2. The molecule has 6 nitrogen and oxygen atoms in total. The van der Waals surface area contributed by atoms with Gasteiger partial charge in [-0.1, -0.05) is 37.3 Å². The zero-order valence-corrected chi connectivity index (χ0v) is 16.5. The summed E-state index contributed by atoms with van der Waals surface area (Å²) in [6, 6.07) is 11.8. The van der Waals surface area contributed by atoms with Gasteiger partial charge in [0.1, 0.15) is 6.04 Å². The normalized spacial score (nSPS) is 20.0. The Balaban J connectivity index is 1.37. The van der Waals surface area contributed by atoms with Gasteiger partial charge in [0.15, 0.2) is 0 Å². The van der Waals surface area contributed by atoms with Crippen LogP contribution in [0, 0.1) is 5.41 Å². The maximum atomic E-state index is 13.0. The van der Waals surface area contributed by atoms with Crippen LogP contribution >= 0.6 is 0 Å². The van der Waals surface area contributed by atoms with Crippen LogP contribution in [0.25, 0.3) is 0 Å². The van der Waals surface area contributed by atoms with Crippen molar-refractivity contribution in [3.8, 4) is 0 Å². The maximum Gasteiger partial charge on any atom is 0.247 e. The van der Waals surface area contributed by atoms with Crippen LogP contribution in [-0.4, -0.2) is 51.0 Å². The molecule has 2 fully saturated rings. The molecule has 0 bridgehead atoms. The van der Waals surface area contributed by atoms with E-state index in [0.717, 1.165) is 38.9 Å². The Bertz CT molecular complexity index is 810. The molecule has 2 aliphatic rings. The smallest absolute Gasteiger partial charge is 0.247 e. The van der Waals surface area contributed by atoms with Crippen LogP contribution < -0.4 is 0 Å². The molecule has 6 heteroatoms. The number of hydrogen-bond donors (Lipinski definition) is 0. The van der Waals surface area contributed by atoms with E-state index < -0.39 is 0 Å². The zero-order chi connectivity index (χ0) is 19.6. The van der Waals surface area contributed by atoms with Crippen molar-refractivity contribution in [3.63, 3.8) is 0 Å². The molecule has 0 saturated carbocycles. The number of rotatable bonds is 5. The van der Waals surface area contributed by atoms with E-state index >= 15 is 0 Å². The van der Waals surface area contributed by atoms with E-state index in [4.69, 9.17) is 0 Å². The summed E-state index contributed by atoms with van der Waals surface area (Å²) in [4.78, 5) is 29.6. The highest BCUT2D eigenvalue weighted by atomic mass is 16.2. The molecule has 28 heavy (non-hydrogen) atoms. The van der Waals surface area contributed by atoms with Gasteiger partial charge in [-0.2, -0.15) is 5.10 Å². The van der Waals surface area contributed by atoms with Crippen molar-refractivity contribution in [2.24, 2.45) is 5.41 Å². The summed E-state index contributed by atoms with van der Waals surface area (Å²) in [6.45, 7) is 4.96. The summed E-state index contributed by atoms with van der Waals surface area (Å²) in [6.07, 6.45) is 6.70. The molecule has 2 saturated heterocycles. The average Bonchev–Trinajstić information content (AvgIpc) is 3.33. The Kier molecular flexibility index (Phi) is 5.20. The van der Waals surface area contributed by atoms with Crippen molar-refractivity contribution >= 4 is 11.8 Å². The number of benzene rings is 1. The molecule has 4 rings (SSSR count). The first-order valence-corrected chi connectivity index (χ1v) is 10.2. The molecule has 1 spiro atoms. The molecule has 1 unspecified atom stereocenters. The lowest BCUT2D eigenvalue weighted by Gasteiger charge is -2.40. The molecule has 1 aromatic heterocycles. The van der Waals surface area contributed by atoms with Crippen molar-refractivity contribution in [1.82, 2.24) is 19.6 Å². The molecule has 0 aliphatic carbocycles. The molecule has 0 N–H and O–H groups in total. The van der Waals surface area contributed by atoms with Gasteiger partial charge < -0.3 is 9.80 Å². The SMILES string of the molecule is CCC(C(=O)N1CCC2(CC1)CC(=O)N(Cc1ccccc1)C2)n1cccn1. The number of hydrogen-bond acceptors (Lipinski definition) is 3. The lowest BCUT2D eigenvalue weighted by atomic mass is 9.77.